The summed E-state index contributed by atoms with van der Waals surface area (Å²) in [4.78, 5) is 25.7. The Morgan fingerprint density at radius 3 is 2.10 bits per heavy atom. The summed E-state index contributed by atoms with van der Waals surface area (Å²) in [5.74, 6) is 0.606. The number of amides is 2. The fourth-order valence-corrected chi connectivity index (χ4v) is 3.71. The van der Waals surface area contributed by atoms with Gasteiger partial charge in [0.25, 0.3) is 11.8 Å². The summed E-state index contributed by atoms with van der Waals surface area (Å²) < 4.78 is 15.9. The van der Waals surface area contributed by atoms with Gasteiger partial charge in [-0.15, -0.1) is 0 Å². The first-order chi connectivity index (χ1) is 14.6. The number of ether oxygens (including phenoxy) is 3. The number of carbonyl (C=O) groups excluding carboxylic acids is 2. The SMILES string of the molecule is COc1cc(C(=O)Nc2ccccc2C(=O)NC2CCCCC2)cc(OC)c1OC. The van der Waals surface area contributed by atoms with Crippen LogP contribution in [0.25, 0.3) is 0 Å². The Kier molecular flexibility index (Phi) is 7.17. The van der Waals surface area contributed by atoms with Crippen LogP contribution in [0.5, 0.6) is 17.2 Å². The van der Waals surface area contributed by atoms with Crippen LogP contribution in [0, 0.1) is 0 Å². The average molecular weight is 412 g/mol. The highest BCUT2D eigenvalue weighted by Gasteiger charge is 2.21. The van der Waals surface area contributed by atoms with E-state index in [4.69, 9.17) is 14.2 Å². The molecule has 0 bridgehead atoms. The number of benzene rings is 2. The lowest BCUT2D eigenvalue weighted by Gasteiger charge is -2.23. The van der Waals surface area contributed by atoms with Gasteiger partial charge in [-0.05, 0) is 37.1 Å². The number of nitrogens with one attached hydrogen (secondary N) is 2. The van der Waals surface area contributed by atoms with E-state index in [1.807, 2.05) is 0 Å². The molecule has 7 heteroatoms. The van der Waals surface area contributed by atoms with Gasteiger partial charge >= 0.3 is 0 Å². The Hall–Kier alpha value is -3.22. The number of carbonyl (C=O) groups is 2. The lowest BCUT2D eigenvalue weighted by molar-refractivity contribution is 0.0928. The Morgan fingerprint density at radius 2 is 1.50 bits per heavy atom. The third kappa shape index (κ3) is 4.84. The van der Waals surface area contributed by atoms with E-state index in [0.29, 0.717) is 34.1 Å². The van der Waals surface area contributed by atoms with E-state index < -0.39 is 0 Å². The van der Waals surface area contributed by atoms with Crippen molar-refractivity contribution in [2.24, 2.45) is 0 Å². The monoisotopic (exact) mass is 412 g/mol. The first kappa shape index (κ1) is 21.5. The van der Waals surface area contributed by atoms with Crippen molar-refractivity contribution >= 4 is 17.5 Å². The summed E-state index contributed by atoms with van der Waals surface area (Å²) in [6.07, 6.45) is 5.46. The molecule has 3 rings (SSSR count). The highest BCUT2D eigenvalue weighted by molar-refractivity contribution is 6.09. The number of methoxy groups -OCH3 is 3. The molecule has 160 valence electrons. The van der Waals surface area contributed by atoms with E-state index in [1.54, 1.807) is 36.4 Å². The third-order valence-corrected chi connectivity index (χ3v) is 5.29. The molecule has 2 amide bonds. The fraction of sp³-hybridized carbons (Fsp3) is 0.391. The molecular formula is C23H28N2O5. The van der Waals surface area contributed by atoms with Crippen LogP contribution >= 0.6 is 0 Å². The molecule has 1 aliphatic carbocycles. The smallest absolute Gasteiger partial charge is 0.255 e. The van der Waals surface area contributed by atoms with Crippen molar-refractivity contribution in [1.82, 2.24) is 5.32 Å². The maximum Gasteiger partial charge on any atom is 0.255 e. The second-order valence-electron chi connectivity index (χ2n) is 7.22. The molecule has 1 saturated carbocycles. The summed E-state index contributed by atoms with van der Waals surface area (Å²) in [5.41, 5.74) is 1.21. The molecule has 0 atom stereocenters. The average Bonchev–Trinajstić information content (AvgIpc) is 2.78. The van der Waals surface area contributed by atoms with Gasteiger partial charge in [-0.2, -0.15) is 0 Å². The molecule has 30 heavy (non-hydrogen) atoms. The van der Waals surface area contributed by atoms with Crippen LogP contribution < -0.4 is 24.8 Å². The van der Waals surface area contributed by atoms with Crippen molar-refractivity contribution in [1.29, 1.82) is 0 Å². The quantitative estimate of drug-likeness (QED) is 0.717. The second kappa shape index (κ2) is 10.0. The minimum absolute atomic E-state index is 0.178. The summed E-state index contributed by atoms with van der Waals surface area (Å²) in [6.45, 7) is 0. The van der Waals surface area contributed by atoms with Crippen LogP contribution in [0.3, 0.4) is 0 Å². The second-order valence-corrected chi connectivity index (χ2v) is 7.22. The van der Waals surface area contributed by atoms with Gasteiger partial charge in [-0.1, -0.05) is 31.4 Å². The molecule has 2 aromatic rings. The number of para-hydroxylation sites is 1. The van der Waals surface area contributed by atoms with Crippen molar-refractivity contribution in [3.63, 3.8) is 0 Å². The van der Waals surface area contributed by atoms with Gasteiger partial charge in [0.15, 0.2) is 11.5 Å². The van der Waals surface area contributed by atoms with E-state index >= 15 is 0 Å². The Bertz CT molecular complexity index is 881. The molecular weight excluding hydrogens is 384 g/mol. The normalized spacial score (nSPS) is 14.0. The van der Waals surface area contributed by atoms with Gasteiger partial charge in [0.2, 0.25) is 5.75 Å². The fourth-order valence-electron chi connectivity index (χ4n) is 3.71. The number of hydrogen-bond donors (Lipinski definition) is 2. The van der Waals surface area contributed by atoms with Crippen molar-refractivity contribution in [2.75, 3.05) is 26.6 Å². The van der Waals surface area contributed by atoms with E-state index in [2.05, 4.69) is 10.6 Å². The number of hydrogen-bond acceptors (Lipinski definition) is 5. The van der Waals surface area contributed by atoms with Gasteiger partial charge in [-0.25, -0.2) is 0 Å². The lowest BCUT2D eigenvalue weighted by Crippen LogP contribution is -2.36. The largest absolute Gasteiger partial charge is 0.493 e. The maximum atomic E-state index is 12.9. The minimum atomic E-state index is -0.382. The molecule has 0 radical (unpaired) electrons. The predicted molar refractivity (Wildman–Crippen MR) is 115 cm³/mol. The van der Waals surface area contributed by atoms with E-state index in [9.17, 15) is 9.59 Å². The molecule has 2 N–H and O–H groups in total. The van der Waals surface area contributed by atoms with Crippen molar-refractivity contribution in [3.05, 3.63) is 47.5 Å². The van der Waals surface area contributed by atoms with Gasteiger partial charge in [0.05, 0.1) is 32.6 Å². The maximum absolute atomic E-state index is 12.9. The summed E-state index contributed by atoms with van der Waals surface area (Å²) in [6, 6.07) is 10.3. The van der Waals surface area contributed by atoms with Crippen molar-refractivity contribution < 1.29 is 23.8 Å². The molecule has 0 unspecified atom stereocenters. The van der Waals surface area contributed by atoms with Crippen LogP contribution in [0.15, 0.2) is 36.4 Å². The lowest BCUT2D eigenvalue weighted by atomic mass is 9.95. The molecule has 1 fully saturated rings. The van der Waals surface area contributed by atoms with Crippen LogP contribution in [-0.4, -0.2) is 39.2 Å². The predicted octanol–water partition coefficient (Wildman–Crippen LogP) is 4.03. The highest BCUT2D eigenvalue weighted by atomic mass is 16.5. The molecule has 0 spiro atoms. The molecule has 0 heterocycles. The van der Waals surface area contributed by atoms with Crippen LogP contribution in [-0.2, 0) is 0 Å². The Balaban J connectivity index is 1.81. The third-order valence-electron chi connectivity index (χ3n) is 5.29. The summed E-state index contributed by atoms with van der Waals surface area (Å²) >= 11 is 0. The molecule has 0 aliphatic heterocycles. The Labute approximate surface area is 176 Å². The number of anilines is 1. The number of rotatable bonds is 7. The van der Waals surface area contributed by atoms with Crippen LogP contribution in [0.4, 0.5) is 5.69 Å². The van der Waals surface area contributed by atoms with E-state index in [1.165, 1.54) is 27.8 Å². The van der Waals surface area contributed by atoms with Crippen LogP contribution in [0.2, 0.25) is 0 Å². The van der Waals surface area contributed by atoms with E-state index in [-0.39, 0.29) is 17.9 Å². The zero-order chi connectivity index (χ0) is 21.5. The van der Waals surface area contributed by atoms with Gasteiger partial charge in [0, 0.05) is 11.6 Å². The van der Waals surface area contributed by atoms with Crippen molar-refractivity contribution in [2.45, 2.75) is 38.1 Å². The minimum Gasteiger partial charge on any atom is -0.493 e. The van der Waals surface area contributed by atoms with Crippen LogP contribution in [0.1, 0.15) is 52.8 Å². The molecule has 2 aromatic carbocycles. The topological polar surface area (TPSA) is 85.9 Å². The zero-order valence-electron chi connectivity index (χ0n) is 17.6. The molecule has 0 saturated heterocycles. The highest BCUT2D eigenvalue weighted by Crippen LogP contribution is 2.38. The zero-order valence-corrected chi connectivity index (χ0v) is 17.6. The first-order valence-corrected chi connectivity index (χ1v) is 10.1. The van der Waals surface area contributed by atoms with Crippen molar-refractivity contribution in [3.8, 4) is 17.2 Å². The summed E-state index contributed by atoms with van der Waals surface area (Å²) in [5, 5.41) is 5.93. The van der Waals surface area contributed by atoms with Gasteiger partial charge in [-0.3, -0.25) is 9.59 Å². The van der Waals surface area contributed by atoms with Gasteiger partial charge < -0.3 is 24.8 Å². The molecule has 0 aromatic heterocycles. The van der Waals surface area contributed by atoms with Gasteiger partial charge in [0.1, 0.15) is 0 Å². The Morgan fingerprint density at radius 1 is 0.867 bits per heavy atom. The first-order valence-electron chi connectivity index (χ1n) is 10.1. The van der Waals surface area contributed by atoms with E-state index in [0.717, 1.165) is 25.7 Å². The summed E-state index contributed by atoms with van der Waals surface area (Å²) in [7, 11) is 4.48. The molecule has 1 aliphatic rings. The molecule has 7 nitrogen and oxygen atoms in total. The standard InChI is InChI=1S/C23H28N2O5/c1-28-19-13-15(14-20(29-2)21(19)30-3)22(26)25-18-12-8-7-11-17(18)23(27)24-16-9-5-4-6-10-16/h7-8,11-14,16H,4-6,9-10H2,1-3H3,(H,24,27)(H,25,26).